The maximum absolute atomic E-state index is 13.2. The Morgan fingerprint density at radius 3 is 2.71 bits per heavy atom. The first-order valence-electron chi connectivity index (χ1n) is 5.25. The van der Waals surface area contributed by atoms with Gasteiger partial charge in [-0.2, -0.15) is 0 Å². The molecule has 0 fully saturated rings. The number of rotatable bonds is 4. The lowest BCUT2D eigenvalue weighted by Crippen LogP contribution is -2.36. The van der Waals surface area contributed by atoms with Gasteiger partial charge in [0.15, 0.2) is 6.61 Å². The summed E-state index contributed by atoms with van der Waals surface area (Å²) in [5, 5.41) is 0. The van der Waals surface area contributed by atoms with Gasteiger partial charge < -0.3 is 9.64 Å². The summed E-state index contributed by atoms with van der Waals surface area (Å²) < 4.78 is 18.8. The Balaban J connectivity index is 2.56. The molecule has 5 heteroatoms. The minimum absolute atomic E-state index is 0.0875. The number of hydrogen-bond acceptors (Lipinski definition) is 2. The van der Waals surface area contributed by atoms with Crippen LogP contribution in [-0.2, 0) is 4.79 Å². The molecule has 0 spiro atoms. The Hall–Kier alpha value is -1.10. The molecule has 1 amide bonds. The quantitative estimate of drug-likeness (QED) is 0.856. The highest BCUT2D eigenvalue weighted by Crippen LogP contribution is 2.20. The standard InChI is InChI=1S/C12H15BrFNO2/c1-8(2)15(3)12(16)7-17-9-4-5-10(13)11(14)6-9/h4-6,8H,7H2,1-3H3. The topological polar surface area (TPSA) is 29.5 Å². The molecule has 0 unspecified atom stereocenters. The van der Waals surface area contributed by atoms with Gasteiger partial charge >= 0.3 is 0 Å². The number of ether oxygens (including phenoxy) is 1. The highest BCUT2D eigenvalue weighted by Gasteiger charge is 2.12. The van der Waals surface area contributed by atoms with E-state index in [4.69, 9.17) is 4.74 Å². The molecule has 0 heterocycles. The lowest BCUT2D eigenvalue weighted by molar-refractivity contribution is -0.133. The molecular formula is C12H15BrFNO2. The van der Waals surface area contributed by atoms with Gasteiger partial charge in [0.2, 0.25) is 0 Å². The van der Waals surface area contributed by atoms with Crippen LogP contribution in [0.5, 0.6) is 5.75 Å². The molecule has 0 saturated heterocycles. The zero-order valence-corrected chi connectivity index (χ0v) is 11.6. The van der Waals surface area contributed by atoms with Gasteiger partial charge in [-0.15, -0.1) is 0 Å². The van der Waals surface area contributed by atoms with Gasteiger partial charge in [-0.1, -0.05) is 0 Å². The summed E-state index contributed by atoms with van der Waals surface area (Å²) in [6, 6.07) is 4.51. The fraction of sp³-hybridized carbons (Fsp3) is 0.417. The van der Waals surface area contributed by atoms with Crippen LogP contribution in [-0.4, -0.2) is 30.5 Å². The molecule has 0 atom stereocenters. The molecule has 17 heavy (non-hydrogen) atoms. The average Bonchev–Trinajstić information content (AvgIpc) is 2.29. The summed E-state index contributed by atoms with van der Waals surface area (Å²) in [5.41, 5.74) is 0. The van der Waals surface area contributed by atoms with E-state index in [1.54, 1.807) is 24.1 Å². The van der Waals surface area contributed by atoms with Gasteiger partial charge in [-0.3, -0.25) is 4.79 Å². The van der Waals surface area contributed by atoms with E-state index < -0.39 is 5.82 Å². The van der Waals surface area contributed by atoms with Crippen LogP contribution < -0.4 is 4.74 Å². The maximum Gasteiger partial charge on any atom is 0.260 e. The molecule has 1 rings (SSSR count). The lowest BCUT2D eigenvalue weighted by atomic mass is 10.3. The summed E-state index contributed by atoms with van der Waals surface area (Å²) in [4.78, 5) is 13.2. The molecular weight excluding hydrogens is 289 g/mol. The summed E-state index contributed by atoms with van der Waals surface area (Å²) in [6.45, 7) is 3.74. The number of carbonyl (C=O) groups is 1. The Labute approximate surface area is 109 Å². The van der Waals surface area contributed by atoms with Crippen molar-refractivity contribution in [1.29, 1.82) is 0 Å². The minimum atomic E-state index is -0.410. The van der Waals surface area contributed by atoms with E-state index in [1.165, 1.54) is 6.07 Å². The Kier molecular flexibility index (Phi) is 4.93. The molecule has 0 aliphatic rings. The van der Waals surface area contributed by atoms with Crippen LogP contribution in [0.3, 0.4) is 0 Å². The highest BCUT2D eigenvalue weighted by atomic mass is 79.9. The number of likely N-dealkylation sites (N-methyl/N-ethyl adjacent to an activating group) is 1. The second kappa shape index (κ2) is 6.00. The van der Waals surface area contributed by atoms with Gasteiger partial charge in [0, 0.05) is 19.2 Å². The second-order valence-corrected chi connectivity index (χ2v) is 4.82. The van der Waals surface area contributed by atoms with Gasteiger partial charge in [0.1, 0.15) is 11.6 Å². The first kappa shape index (κ1) is 14.0. The van der Waals surface area contributed by atoms with Crippen molar-refractivity contribution < 1.29 is 13.9 Å². The number of hydrogen-bond donors (Lipinski definition) is 0. The van der Waals surface area contributed by atoms with Crippen molar-refractivity contribution >= 4 is 21.8 Å². The minimum Gasteiger partial charge on any atom is -0.484 e. The second-order valence-electron chi connectivity index (χ2n) is 3.96. The highest BCUT2D eigenvalue weighted by molar-refractivity contribution is 9.10. The van der Waals surface area contributed by atoms with Crippen molar-refractivity contribution in [2.75, 3.05) is 13.7 Å². The Morgan fingerprint density at radius 1 is 1.53 bits per heavy atom. The van der Waals surface area contributed by atoms with Crippen LogP contribution in [0, 0.1) is 5.82 Å². The third-order valence-electron chi connectivity index (χ3n) is 2.42. The van der Waals surface area contributed by atoms with E-state index in [-0.39, 0.29) is 18.6 Å². The van der Waals surface area contributed by atoms with Crippen molar-refractivity contribution in [3.05, 3.63) is 28.5 Å². The smallest absolute Gasteiger partial charge is 0.260 e. The largest absolute Gasteiger partial charge is 0.484 e. The lowest BCUT2D eigenvalue weighted by Gasteiger charge is -2.21. The number of nitrogens with zero attached hydrogens (tertiary/aromatic N) is 1. The molecule has 0 aliphatic heterocycles. The number of amides is 1. The van der Waals surface area contributed by atoms with Crippen LogP contribution >= 0.6 is 15.9 Å². The van der Waals surface area contributed by atoms with E-state index in [2.05, 4.69) is 15.9 Å². The fourth-order valence-electron chi connectivity index (χ4n) is 1.10. The normalized spacial score (nSPS) is 10.5. The SMILES string of the molecule is CC(C)N(C)C(=O)COc1ccc(Br)c(F)c1. The molecule has 0 saturated carbocycles. The van der Waals surface area contributed by atoms with E-state index in [9.17, 15) is 9.18 Å². The molecule has 0 aromatic heterocycles. The maximum atomic E-state index is 13.2. The van der Waals surface area contributed by atoms with Crippen LogP contribution in [0.4, 0.5) is 4.39 Å². The monoisotopic (exact) mass is 303 g/mol. The van der Waals surface area contributed by atoms with Gasteiger partial charge in [-0.25, -0.2) is 4.39 Å². The van der Waals surface area contributed by atoms with Crippen molar-refractivity contribution in [3.8, 4) is 5.75 Å². The van der Waals surface area contributed by atoms with Crippen LogP contribution in [0.1, 0.15) is 13.8 Å². The summed E-state index contributed by atoms with van der Waals surface area (Å²) >= 11 is 3.05. The number of benzene rings is 1. The van der Waals surface area contributed by atoms with Gasteiger partial charge in [0.05, 0.1) is 4.47 Å². The van der Waals surface area contributed by atoms with Crippen LogP contribution in [0.15, 0.2) is 22.7 Å². The molecule has 1 aromatic carbocycles. The van der Waals surface area contributed by atoms with Crippen molar-refractivity contribution in [1.82, 2.24) is 4.90 Å². The number of halogens is 2. The molecule has 0 N–H and O–H groups in total. The molecule has 3 nitrogen and oxygen atoms in total. The zero-order chi connectivity index (χ0) is 13.0. The molecule has 94 valence electrons. The predicted molar refractivity (Wildman–Crippen MR) is 67.5 cm³/mol. The summed E-state index contributed by atoms with van der Waals surface area (Å²) in [7, 11) is 1.71. The molecule has 1 aromatic rings. The van der Waals surface area contributed by atoms with Crippen LogP contribution in [0.2, 0.25) is 0 Å². The molecule has 0 radical (unpaired) electrons. The van der Waals surface area contributed by atoms with Crippen molar-refractivity contribution in [2.24, 2.45) is 0 Å². The Morgan fingerprint density at radius 2 is 2.18 bits per heavy atom. The van der Waals surface area contributed by atoms with E-state index >= 15 is 0 Å². The third-order valence-corrected chi connectivity index (χ3v) is 3.06. The van der Waals surface area contributed by atoms with Crippen LogP contribution in [0.25, 0.3) is 0 Å². The van der Waals surface area contributed by atoms with Crippen molar-refractivity contribution in [2.45, 2.75) is 19.9 Å². The predicted octanol–water partition coefficient (Wildman–Crippen LogP) is 2.83. The first-order chi connectivity index (χ1) is 7.91. The van der Waals surface area contributed by atoms with Crippen molar-refractivity contribution in [3.63, 3.8) is 0 Å². The summed E-state index contributed by atoms with van der Waals surface area (Å²) in [5.74, 6) is -0.202. The van der Waals surface area contributed by atoms with Gasteiger partial charge in [0.25, 0.3) is 5.91 Å². The van der Waals surface area contributed by atoms with E-state index in [0.29, 0.717) is 10.2 Å². The third kappa shape index (κ3) is 4.00. The van der Waals surface area contributed by atoms with E-state index in [1.807, 2.05) is 13.8 Å². The van der Waals surface area contributed by atoms with E-state index in [0.717, 1.165) is 0 Å². The van der Waals surface area contributed by atoms with Gasteiger partial charge in [-0.05, 0) is 41.9 Å². The molecule has 0 bridgehead atoms. The first-order valence-corrected chi connectivity index (χ1v) is 6.04. The zero-order valence-electron chi connectivity index (χ0n) is 10.0. The number of carbonyl (C=O) groups excluding carboxylic acids is 1. The molecule has 0 aliphatic carbocycles. The summed E-state index contributed by atoms with van der Waals surface area (Å²) in [6.07, 6.45) is 0. The fourth-order valence-corrected chi connectivity index (χ4v) is 1.35. The average molecular weight is 304 g/mol. The Bertz CT molecular complexity index is 409.